The third-order valence-electron chi connectivity index (χ3n) is 9.95. The van der Waals surface area contributed by atoms with Crippen molar-refractivity contribution in [3.05, 3.63) is 11.6 Å². The summed E-state index contributed by atoms with van der Waals surface area (Å²) in [5.41, 5.74) is 1.44. The molecule has 3 fully saturated rings. The largest absolute Gasteiger partial charge is 0.480 e. The first kappa shape index (κ1) is 25.9. The van der Waals surface area contributed by atoms with Crippen molar-refractivity contribution in [3.8, 4) is 0 Å². The minimum absolute atomic E-state index is 0.0418. The highest BCUT2D eigenvalue weighted by atomic mass is 16.5. The fraction of sp³-hybridized carbons (Fsp3) is 0.786. The number of ether oxygens (including phenoxy) is 1. The van der Waals surface area contributed by atoms with Crippen molar-refractivity contribution in [2.24, 2.45) is 34.5 Å². The third kappa shape index (κ3) is 4.79. The number of allylic oxidation sites excluding steroid dienone is 1. The molecule has 3 saturated carbocycles. The molecule has 7 nitrogen and oxygen atoms in total. The molecule has 4 aliphatic carbocycles. The van der Waals surface area contributed by atoms with Gasteiger partial charge in [0.1, 0.15) is 12.1 Å². The molecule has 0 aromatic rings. The van der Waals surface area contributed by atoms with Crippen LogP contribution in [0.15, 0.2) is 11.6 Å². The molecule has 0 heterocycles. The van der Waals surface area contributed by atoms with Crippen LogP contribution in [-0.4, -0.2) is 40.9 Å². The van der Waals surface area contributed by atoms with Gasteiger partial charge < -0.3 is 15.2 Å². The van der Waals surface area contributed by atoms with E-state index in [0.29, 0.717) is 24.2 Å². The van der Waals surface area contributed by atoms with Crippen molar-refractivity contribution >= 4 is 23.6 Å². The van der Waals surface area contributed by atoms with E-state index in [-0.39, 0.29) is 47.4 Å². The maximum absolute atomic E-state index is 12.7. The lowest BCUT2D eigenvalue weighted by molar-refractivity contribution is -0.160. The number of aliphatic carboxylic acids is 1. The van der Waals surface area contributed by atoms with E-state index in [4.69, 9.17) is 4.74 Å². The van der Waals surface area contributed by atoms with Crippen molar-refractivity contribution in [2.45, 2.75) is 104 Å². The topological polar surface area (TPSA) is 110 Å². The Balaban J connectivity index is 1.35. The van der Waals surface area contributed by atoms with Crippen LogP contribution in [0.2, 0.25) is 0 Å². The van der Waals surface area contributed by atoms with Gasteiger partial charge in [0.2, 0.25) is 5.91 Å². The molecule has 7 atom stereocenters. The molecule has 35 heavy (non-hydrogen) atoms. The van der Waals surface area contributed by atoms with Crippen LogP contribution in [0, 0.1) is 34.5 Å². The quantitative estimate of drug-likeness (QED) is 0.514. The van der Waals surface area contributed by atoms with Gasteiger partial charge in [0.25, 0.3) is 0 Å². The van der Waals surface area contributed by atoms with Crippen LogP contribution in [0.3, 0.4) is 0 Å². The zero-order valence-electron chi connectivity index (χ0n) is 21.6. The van der Waals surface area contributed by atoms with E-state index >= 15 is 0 Å². The smallest absolute Gasteiger partial charge is 0.326 e. The normalized spacial score (nSPS) is 36.9. The van der Waals surface area contributed by atoms with Crippen LogP contribution in [0.5, 0.6) is 0 Å². The zero-order chi connectivity index (χ0) is 25.5. The number of carboxylic acid groups (broad SMARTS) is 1. The molecule has 1 amide bonds. The third-order valence-corrected chi connectivity index (χ3v) is 9.95. The van der Waals surface area contributed by atoms with Gasteiger partial charge in [-0.1, -0.05) is 33.3 Å². The van der Waals surface area contributed by atoms with Gasteiger partial charge in [-0.05, 0) is 80.1 Å². The lowest BCUT2D eigenvalue weighted by Crippen LogP contribution is -2.51. The van der Waals surface area contributed by atoms with E-state index in [1.54, 1.807) is 13.8 Å². The molecule has 0 spiro atoms. The average Bonchev–Trinajstić information content (AvgIpc) is 3.12. The van der Waals surface area contributed by atoms with Crippen molar-refractivity contribution in [3.63, 3.8) is 0 Å². The van der Waals surface area contributed by atoms with Gasteiger partial charge >= 0.3 is 11.9 Å². The molecule has 0 saturated heterocycles. The van der Waals surface area contributed by atoms with Crippen molar-refractivity contribution in [2.75, 3.05) is 0 Å². The molecule has 0 aromatic carbocycles. The van der Waals surface area contributed by atoms with Gasteiger partial charge in [0.15, 0.2) is 5.78 Å². The maximum atomic E-state index is 12.7. The van der Waals surface area contributed by atoms with E-state index in [9.17, 15) is 24.3 Å². The van der Waals surface area contributed by atoms with Crippen LogP contribution in [0.1, 0.15) is 91.9 Å². The number of esters is 1. The summed E-state index contributed by atoms with van der Waals surface area (Å²) >= 11 is 0. The predicted octanol–water partition coefficient (Wildman–Crippen LogP) is 4.44. The summed E-state index contributed by atoms with van der Waals surface area (Å²) in [6, 6.07) is -0.960. The number of carbonyl (C=O) groups excluding carboxylic acids is 3. The summed E-state index contributed by atoms with van der Waals surface area (Å²) in [5.74, 6) is -0.146. The fourth-order valence-corrected chi connectivity index (χ4v) is 7.90. The summed E-state index contributed by atoms with van der Waals surface area (Å²) in [6.45, 7) is 8.12. The summed E-state index contributed by atoms with van der Waals surface area (Å²) < 4.78 is 5.97. The lowest BCUT2D eigenvalue weighted by Gasteiger charge is -2.57. The number of amides is 1. The van der Waals surface area contributed by atoms with E-state index in [1.165, 1.54) is 5.57 Å². The fourth-order valence-electron chi connectivity index (χ4n) is 7.90. The van der Waals surface area contributed by atoms with Crippen LogP contribution in [0.4, 0.5) is 0 Å². The van der Waals surface area contributed by atoms with Crippen molar-refractivity contribution in [1.82, 2.24) is 5.32 Å². The van der Waals surface area contributed by atoms with Gasteiger partial charge in [-0.2, -0.15) is 0 Å². The minimum atomic E-state index is -1.07. The zero-order valence-corrected chi connectivity index (χ0v) is 21.6. The Bertz CT molecular complexity index is 924. The molecule has 7 heteroatoms. The minimum Gasteiger partial charge on any atom is -0.480 e. The second-order valence-corrected chi connectivity index (χ2v) is 12.2. The molecule has 194 valence electrons. The van der Waals surface area contributed by atoms with Crippen LogP contribution < -0.4 is 5.32 Å². The molecule has 0 aliphatic heterocycles. The molecule has 4 rings (SSSR count). The highest BCUT2D eigenvalue weighted by Crippen LogP contribution is 2.65. The standard InChI is InChI=1S/C28H41NO6/c1-16(2)25(26(33)34)29-23(31)9-10-24(32)35-22-8-7-20-19-6-5-17-15-18(30)11-13-27(17,3)21(19)12-14-28(20,22)4/h15-16,19-22,25H,5-14H2,1-4H3,(H,29,31)(H,33,34)/t19-,20-,21+,22-,25+,27+,28+/m1/s1. The molecule has 0 bridgehead atoms. The second kappa shape index (κ2) is 9.70. The molecule has 0 radical (unpaired) electrons. The van der Waals surface area contributed by atoms with E-state index in [1.807, 2.05) is 6.08 Å². The number of fused-ring (bicyclic) bond motifs is 5. The molecule has 0 unspecified atom stereocenters. The Kier molecular flexibility index (Phi) is 7.18. The lowest BCUT2D eigenvalue weighted by atomic mass is 9.47. The Morgan fingerprint density at radius 2 is 1.80 bits per heavy atom. The van der Waals surface area contributed by atoms with Gasteiger partial charge in [0.05, 0.1) is 6.42 Å². The van der Waals surface area contributed by atoms with Crippen molar-refractivity contribution < 1.29 is 29.0 Å². The Hall–Kier alpha value is -2.18. The number of carboxylic acids is 1. The van der Waals surface area contributed by atoms with Gasteiger partial charge in [-0.3, -0.25) is 14.4 Å². The maximum Gasteiger partial charge on any atom is 0.326 e. The first-order valence-electron chi connectivity index (χ1n) is 13.4. The summed E-state index contributed by atoms with van der Waals surface area (Å²) in [6.07, 6.45) is 9.44. The van der Waals surface area contributed by atoms with Crippen molar-refractivity contribution in [1.29, 1.82) is 0 Å². The monoisotopic (exact) mass is 487 g/mol. The highest BCUT2D eigenvalue weighted by molar-refractivity contribution is 5.91. The Morgan fingerprint density at radius 1 is 1.06 bits per heavy atom. The number of rotatable bonds is 7. The molecular weight excluding hydrogens is 446 g/mol. The predicted molar refractivity (Wildman–Crippen MR) is 130 cm³/mol. The number of nitrogens with one attached hydrogen (secondary N) is 1. The average molecular weight is 488 g/mol. The number of hydrogen-bond acceptors (Lipinski definition) is 5. The van der Waals surface area contributed by atoms with Crippen LogP contribution >= 0.6 is 0 Å². The molecular formula is C28H41NO6. The first-order chi connectivity index (χ1) is 16.5. The van der Waals surface area contributed by atoms with Gasteiger partial charge in [0, 0.05) is 18.3 Å². The summed E-state index contributed by atoms with van der Waals surface area (Å²) in [7, 11) is 0. The summed E-state index contributed by atoms with van der Waals surface area (Å²) in [5, 5.41) is 11.8. The first-order valence-corrected chi connectivity index (χ1v) is 13.4. The number of ketones is 1. The number of hydrogen-bond donors (Lipinski definition) is 2. The van der Waals surface area contributed by atoms with Crippen LogP contribution in [0.25, 0.3) is 0 Å². The number of carbonyl (C=O) groups is 4. The Morgan fingerprint density at radius 3 is 2.49 bits per heavy atom. The Labute approximate surface area is 208 Å². The van der Waals surface area contributed by atoms with Gasteiger partial charge in [-0.15, -0.1) is 0 Å². The SMILES string of the molecule is CC(C)[C@H](NC(=O)CCC(=O)O[C@@H]1CC[C@@H]2[C@H]3CCC4=CC(=O)CC[C@]4(C)[C@H]3CC[C@@]21C)C(=O)O. The second-order valence-electron chi connectivity index (χ2n) is 12.2. The van der Waals surface area contributed by atoms with Crippen LogP contribution in [-0.2, 0) is 23.9 Å². The molecule has 2 N–H and O–H groups in total. The molecule has 4 aliphatic rings. The van der Waals surface area contributed by atoms with E-state index in [2.05, 4.69) is 19.2 Å². The summed E-state index contributed by atoms with van der Waals surface area (Å²) in [4.78, 5) is 48.2. The van der Waals surface area contributed by atoms with Gasteiger partial charge in [-0.25, -0.2) is 4.79 Å². The molecule has 0 aromatic heterocycles. The highest BCUT2D eigenvalue weighted by Gasteiger charge is 2.59. The van der Waals surface area contributed by atoms with E-state index < -0.39 is 17.9 Å². The van der Waals surface area contributed by atoms with E-state index in [0.717, 1.165) is 44.9 Å².